The van der Waals surface area contributed by atoms with Crippen molar-refractivity contribution in [3.8, 4) is 11.1 Å². The van der Waals surface area contributed by atoms with E-state index < -0.39 is 18.1 Å². The first kappa shape index (κ1) is 19.6. The first-order chi connectivity index (χ1) is 14.5. The van der Waals surface area contributed by atoms with Crippen LogP contribution in [0.15, 0.2) is 66.9 Å². The van der Waals surface area contributed by atoms with Gasteiger partial charge >= 0.3 is 12.1 Å². The van der Waals surface area contributed by atoms with Gasteiger partial charge < -0.3 is 15.2 Å². The first-order valence-corrected chi connectivity index (χ1v) is 9.79. The molecule has 0 aliphatic heterocycles. The Kier molecular flexibility index (Phi) is 5.48. The maximum absolute atomic E-state index is 12.4. The van der Waals surface area contributed by atoms with Crippen LogP contribution in [0.2, 0.25) is 0 Å². The summed E-state index contributed by atoms with van der Waals surface area (Å²) in [5.41, 5.74) is 6.05. The molecule has 1 aliphatic rings. The topological polar surface area (TPSA) is 88.5 Å². The van der Waals surface area contributed by atoms with E-state index in [0.717, 1.165) is 27.8 Å². The van der Waals surface area contributed by atoms with Gasteiger partial charge in [0.05, 0.1) is 0 Å². The molecule has 1 atom stereocenters. The van der Waals surface area contributed by atoms with E-state index in [4.69, 9.17) is 4.74 Å². The molecule has 6 heteroatoms. The largest absolute Gasteiger partial charge is 0.480 e. The Balaban J connectivity index is 1.43. The minimum atomic E-state index is -1.13. The van der Waals surface area contributed by atoms with Crippen LogP contribution in [0.25, 0.3) is 11.1 Å². The van der Waals surface area contributed by atoms with Crippen LogP contribution in [-0.2, 0) is 16.0 Å². The number of alkyl carbamates (subject to hydrolysis) is 1. The van der Waals surface area contributed by atoms with E-state index in [0.29, 0.717) is 5.69 Å². The summed E-state index contributed by atoms with van der Waals surface area (Å²) >= 11 is 0. The molecule has 0 saturated heterocycles. The highest BCUT2D eigenvalue weighted by molar-refractivity contribution is 5.81. The van der Waals surface area contributed by atoms with Gasteiger partial charge in [-0.15, -0.1) is 0 Å². The average molecular weight is 402 g/mol. The lowest BCUT2D eigenvalue weighted by atomic mass is 9.98. The van der Waals surface area contributed by atoms with Crippen molar-refractivity contribution in [2.45, 2.75) is 25.3 Å². The van der Waals surface area contributed by atoms with Crippen LogP contribution in [0.3, 0.4) is 0 Å². The number of carboxylic acid groups (broad SMARTS) is 1. The Bertz CT molecular complexity index is 1030. The number of ether oxygens (including phenoxy) is 1. The number of fused-ring (bicyclic) bond motifs is 3. The lowest BCUT2D eigenvalue weighted by molar-refractivity contribution is -0.139. The minimum Gasteiger partial charge on any atom is -0.480 e. The second-order valence-electron chi connectivity index (χ2n) is 7.39. The number of rotatable bonds is 6. The Morgan fingerprint density at radius 3 is 2.23 bits per heavy atom. The number of aryl methyl sites for hydroxylation is 1. The number of amides is 1. The number of carbonyl (C=O) groups excluding carboxylic acids is 1. The van der Waals surface area contributed by atoms with E-state index in [-0.39, 0.29) is 18.9 Å². The van der Waals surface area contributed by atoms with Crippen LogP contribution >= 0.6 is 0 Å². The number of aromatic nitrogens is 1. The molecule has 1 aliphatic carbocycles. The lowest BCUT2D eigenvalue weighted by Crippen LogP contribution is -2.43. The summed E-state index contributed by atoms with van der Waals surface area (Å²) < 4.78 is 5.44. The predicted octanol–water partition coefficient (Wildman–Crippen LogP) is 3.92. The lowest BCUT2D eigenvalue weighted by Gasteiger charge is -2.17. The zero-order valence-electron chi connectivity index (χ0n) is 16.5. The Morgan fingerprint density at radius 1 is 1.03 bits per heavy atom. The number of carbonyl (C=O) groups is 2. The monoisotopic (exact) mass is 402 g/mol. The van der Waals surface area contributed by atoms with Gasteiger partial charge in [-0.2, -0.15) is 0 Å². The summed E-state index contributed by atoms with van der Waals surface area (Å²) in [6.07, 6.45) is 0.998. The first-order valence-electron chi connectivity index (χ1n) is 9.79. The van der Waals surface area contributed by atoms with Crippen LogP contribution in [-0.4, -0.2) is 34.8 Å². The van der Waals surface area contributed by atoms with Crippen molar-refractivity contribution in [2.24, 2.45) is 0 Å². The van der Waals surface area contributed by atoms with E-state index in [2.05, 4.69) is 22.4 Å². The van der Waals surface area contributed by atoms with Crippen molar-refractivity contribution in [3.63, 3.8) is 0 Å². The molecule has 2 N–H and O–H groups in total. The van der Waals surface area contributed by atoms with Gasteiger partial charge in [0.25, 0.3) is 0 Å². The van der Waals surface area contributed by atoms with Crippen molar-refractivity contribution in [1.29, 1.82) is 0 Å². The Morgan fingerprint density at radius 2 is 1.67 bits per heavy atom. The Hall–Kier alpha value is -3.67. The molecule has 0 radical (unpaired) electrons. The van der Waals surface area contributed by atoms with Crippen molar-refractivity contribution in [2.75, 3.05) is 6.61 Å². The molecule has 0 fully saturated rings. The molecule has 1 unspecified atom stereocenters. The summed E-state index contributed by atoms with van der Waals surface area (Å²) in [5, 5.41) is 11.9. The van der Waals surface area contributed by atoms with Gasteiger partial charge in [-0.05, 0) is 40.8 Å². The van der Waals surface area contributed by atoms with Gasteiger partial charge in [-0.25, -0.2) is 9.59 Å². The fourth-order valence-corrected chi connectivity index (χ4v) is 3.81. The van der Waals surface area contributed by atoms with Crippen molar-refractivity contribution < 1.29 is 19.4 Å². The number of pyridine rings is 1. The number of nitrogens with zero attached hydrogens (tertiary/aromatic N) is 1. The number of hydrogen-bond acceptors (Lipinski definition) is 4. The molecule has 30 heavy (non-hydrogen) atoms. The highest BCUT2D eigenvalue weighted by Crippen LogP contribution is 2.44. The van der Waals surface area contributed by atoms with Gasteiger partial charge in [0.1, 0.15) is 12.6 Å². The maximum Gasteiger partial charge on any atom is 0.407 e. The average Bonchev–Trinajstić information content (AvgIpc) is 3.07. The van der Waals surface area contributed by atoms with Crippen LogP contribution in [0.4, 0.5) is 4.79 Å². The van der Waals surface area contributed by atoms with Gasteiger partial charge in [0, 0.05) is 24.2 Å². The zero-order valence-corrected chi connectivity index (χ0v) is 16.5. The quantitative estimate of drug-likeness (QED) is 0.652. The molecule has 0 saturated carbocycles. The number of carboxylic acids is 1. The second kappa shape index (κ2) is 8.37. The van der Waals surface area contributed by atoms with Gasteiger partial charge in [-0.1, -0.05) is 54.6 Å². The summed E-state index contributed by atoms with van der Waals surface area (Å²) in [6, 6.07) is 18.6. The molecule has 3 aromatic rings. The van der Waals surface area contributed by atoms with E-state index in [1.54, 1.807) is 12.3 Å². The van der Waals surface area contributed by atoms with Gasteiger partial charge in [0.15, 0.2) is 0 Å². The zero-order chi connectivity index (χ0) is 21.1. The molecular formula is C24H22N2O4. The van der Waals surface area contributed by atoms with E-state index in [1.807, 2.05) is 49.4 Å². The van der Waals surface area contributed by atoms with Gasteiger partial charge in [-0.3, -0.25) is 4.98 Å². The number of hydrogen-bond donors (Lipinski definition) is 2. The van der Waals surface area contributed by atoms with Crippen LogP contribution in [0, 0.1) is 6.92 Å². The molecule has 152 valence electrons. The highest BCUT2D eigenvalue weighted by atomic mass is 16.5. The molecule has 1 aromatic heterocycles. The van der Waals surface area contributed by atoms with Crippen molar-refractivity contribution >= 4 is 12.1 Å². The molecule has 6 nitrogen and oxygen atoms in total. The second-order valence-corrected chi connectivity index (χ2v) is 7.39. The standard InChI is InChI=1S/C24H22N2O4/c1-15-10-11-16(25-13-15)12-22(23(27)28)26-24(29)30-14-21-19-8-4-2-6-17(19)18-7-3-5-9-20(18)21/h2-11,13,21-22H,12,14H2,1H3,(H,26,29)(H,27,28). The smallest absolute Gasteiger partial charge is 0.407 e. The van der Waals surface area contributed by atoms with Crippen molar-refractivity contribution in [3.05, 3.63) is 89.2 Å². The molecular weight excluding hydrogens is 380 g/mol. The number of benzene rings is 2. The maximum atomic E-state index is 12.4. The SMILES string of the molecule is Cc1ccc(CC(NC(=O)OCC2c3ccccc3-c3ccccc32)C(=O)O)nc1. The molecule has 4 rings (SSSR count). The minimum absolute atomic E-state index is 0.0785. The van der Waals surface area contributed by atoms with Crippen LogP contribution in [0.5, 0.6) is 0 Å². The fraction of sp³-hybridized carbons (Fsp3) is 0.208. The normalized spacial score (nSPS) is 13.2. The molecule has 1 heterocycles. The van der Waals surface area contributed by atoms with Crippen molar-refractivity contribution in [1.82, 2.24) is 10.3 Å². The molecule has 0 spiro atoms. The fourth-order valence-electron chi connectivity index (χ4n) is 3.81. The summed E-state index contributed by atoms with van der Waals surface area (Å²) in [6.45, 7) is 2.04. The van der Waals surface area contributed by atoms with E-state index in [1.165, 1.54) is 0 Å². The predicted molar refractivity (Wildman–Crippen MR) is 112 cm³/mol. The van der Waals surface area contributed by atoms with Crippen LogP contribution < -0.4 is 5.32 Å². The summed E-state index contributed by atoms with van der Waals surface area (Å²) in [7, 11) is 0. The van der Waals surface area contributed by atoms with Gasteiger partial charge in [0.2, 0.25) is 0 Å². The van der Waals surface area contributed by atoms with E-state index >= 15 is 0 Å². The number of aliphatic carboxylic acids is 1. The van der Waals surface area contributed by atoms with Crippen LogP contribution in [0.1, 0.15) is 28.3 Å². The highest BCUT2D eigenvalue weighted by Gasteiger charge is 2.29. The summed E-state index contributed by atoms with van der Waals surface area (Å²) in [4.78, 5) is 28.2. The Labute approximate surface area is 174 Å². The third-order valence-electron chi connectivity index (χ3n) is 5.32. The summed E-state index contributed by atoms with van der Waals surface area (Å²) in [5.74, 6) is -1.21. The third-order valence-corrected chi connectivity index (χ3v) is 5.32. The molecule has 2 aromatic carbocycles. The third kappa shape index (κ3) is 4.03. The molecule has 0 bridgehead atoms. The van der Waals surface area contributed by atoms with E-state index in [9.17, 15) is 14.7 Å². The molecule has 1 amide bonds. The number of nitrogens with one attached hydrogen (secondary N) is 1.